The molecule has 0 spiro atoms. The van der Waals surface area contributed by atoms with Crippen LogP contribution in [0, 0.1) is 0 Å². The van der Waals surface area contributed by atoms with Crippen LogP contribution in [0.3, 0.4) is 0 Å². The van der Waals surface area contributed by atoms with E-state index < -0.39 is 11.4 Å². The molecular formula is C15H18N2O2. The topological polar surface area (TPSA) is 55.1 Å². The molecule has 0 saturated heterocycles. The van der Waals surface area contributed by atoms with Gasteiger partial charge in [-0.15, -0.1) is 0 Å². The molecule has 0 amide bonds. The van der Waals surface area contributed by atoms with E-state index in [0.717, 1.165) is 48.7 Å². The van der Waals surface area contributed by atoms with Gasteiger partial charge in [-0.3, -0.25) is 4.79 Å². The Labute approximate surface area is 112 Å². The lowest BCUT2D eigenvalue weighted by atomic mass is 9.69. The van der Waals surface area contributed by atoms with Crippen molar-refractivity contribution >= 4 is 17.0 Å². The van der Waals surface area contributed by atoms with Crippen molar-refractivity contribution in [1.29, 1.82) is 0 Å². The molecule has 3 rings (SSSR count). The van der Waals surface area contributed by atoms with Gasteiger partial charge in [0, 0.05) is 7.05 Å². The predicted octanol–water partition coefficient (Wildman–Crippen LogP) is 2.86. The van der Waals surface area contributed by atoms with Gasteiger partial charge in [-0.25, -0.2) is 4.98 Å². The zero-order chi connectivity index (χ0) is 13.5. The molecule has 4 nitrogen and oxygen atoms in total. The van der Waals surface area contributed by atoms with E-state index in [1.165, 1.54) is 0 Å². The molecule has 0 unspecified atom stereocenters. The first-order valence-corrected chi connectivity index (χ1v) is 6.78. The van der Waals surface area contributed by atoms with Crippen LogP contribution in [0.5, 0.6) is 0 Å². The highest BCUT2D eigenvalue weighted by atomic mass is 16.4. The first-order valence-electron chi connectivity index (χ1n) is 6.78. The summed E-state index contributed by atoms with van der Waals surface area (Å²) in [4.78, 5) is 16.1. The van der Waals surface area contributed by atoms with Crippen molar-refractivity contribution in [3.63, 3.8) is 0 Å². The van der Waals surface area contributed by atoms with Gasteiger partial charge in [0.25, 0.3) is 0 Å². The summed E-state index contributed by atoms with van der Waals surface area (Å²) in [5.74, 6) is -0.692. The SMILES string of the molecule is Cn1cnc2cc(C3(C(=O)O)CCCCC3)ccc21. The van der Waals surface area contributed by atoms with Gasteiger partial charge in [0.1, 0.15) is 0 Å². The summed E-state index contributed by atoms with van der Waals surface area (Å²) in [6, 6.07) is 5.90. The monoisotopic (exact) mass is 258 g/mol. The lowest BCUT2D eigenvalue weighted by Crippen LogP contribution is -2.37. The second-order valence-corrected chi connectivity index (χ2v) is 5.51. The molecule has 1 N–H and O–H groups in total. The number of aromatic nitrogens is 2. The first-order chi connectivity index (χ1) is 9.13. The number of fused-ring (bicyclic) bond motifs is 1. The van der Waals surface area contributed by atoms with Gasteiger partial charge in [-0.2, -0.15) is 0 Å². The fourth-order valence-electron chi connectivity index (χ4n) is 3.22. The highest BCUT2D eigenvalue weighted by Gasteiger charge is 2.41. The van der Waals surface area contributed by atoms with E-state index in [4.69, 9.17) is 0 Å². The number of hydrogen-bond donors (Lipinski definition) is 1. The number of benzene rings is 1. The fraction of sp³-hybridized carbons (Fsp3) is 0.467. The Morgan fingerprint density at radius 3 is 2.74 bits per heavy atom. The molecule has 1 heterocycles. The summed E-state index contributed by atoms with van der Waals surface area (Å²) < 4.78 is 1.95. The molecule has 0 aliphatic heterocycles. The first kappa shape index (κ1) is 12.2. The van der Waals surface area contributed by atoms with Crippen LogP contribution in [0.25, 0.3) is 11.0 Å². The van der Waals surface area contributed by atoms with Crippen molar-refractivity contribution in [2.75, 3.05) is 0 Å². The molecule has 1 saturated carbocycles. The molecule has 4 heteroatoms. The third-order valence-corrected chi connectivity index (χ3v) is 4.39. The number of aryl methyl sites for hydroxylation is 1. The number of carboxylic acid groups (broad SMARTS) is 1. The summed E-state index contributed by atoms with van der Waals surface area (Å²) in [5.41, 5.74) is 2.13. The van der Waals surface area contributed by atoms with E-state index in [9.17, 15) is 9.90 Å². The van der Waals surface area contributed by atoms with Crippen molar-refractivity contribution in [3.8, 4) is 0 Å². The standard InChI is InChI=1S/C15H18N2O2/c1-17-10-16-12-9-11(5-6-13(12)17)15(14(18)19)7-3-2-4-8-15/h5-6,9-10H,2-4,7-8H2,1H3,(H,18,19). The van der Waals surface area contributed by atoms with E-state index in [2.05, 4.69) is 4.98 Å². The minimum atomic E-state index is -0.704. The van der Waals surface area contributed by atoms with Crippen molar-refractivity contribution in [2.45, 2.75) is 37.5 Å². The molecule has 0 radical (unpaired) electrons. The Morgan fingerprint density at radius 2 is 2.05 bits per heavy atom. The maximum Gasteiger partial charge on any atom is 0.314 e. The molecule has 1 aromatic carbocycles. The van der Waals surface area contributed by atoms with Crippen LogP contribution in [-0.2, 0) is 17.3 Å². The molecule has 0 atom stereocenters. The molecule has 1 aliphatic rings. The molecule has 1 fully saturated rings. The van der Waals surface area contributed by atoms with Gasteiger partial charge in [-0.1, -0.05) is 25.3 Å². The van der Waals surface area contributed by atoms with E-state index in [1.807, 2.05) is 29.8 Å². The number of carboxylic acids is 1. The van der Waals surface area contributed by atoms with E-state index >= 15 is 0 Å². The summed E-state index contributed by atoms with van der Waals surface area (Å²) in [6.07, 6.45) is 6.37. The van der Waals surface area contributed by atoms with E-state index in [-0.39, 0.29) is 0 Å². The zero-order valence-corrected chi connectivity index (χ0v) is 11.1. The van der Waals surface area contributed by atoms with Crippen LogP contribution < -0.4 is 0 Å². The largest absolute Gasteiger partial charge is 0.481 e. The van der Waals surface area contributed by atoms with Crippen LogP contribution in [0.4, 0.5) is 0 Å². The van der Waals surface area contributed by atoms with E-state index in [0.29, 0.717) is 0 Å². The minimum Gasteiger partial charge on any atom is -0.481 e. The zero-order valence-electron chi connectivity index (χ0n) is 11.1. The lowest BCUT2D eigenvalue weighted by Gasteiger charge is -2.33. The van der Waals surface area contributed by atoms with Crippen LogP contribution in [0.1, 0.15) is 37.7 Å². The average Bonchev–Trinajstić information content (AvgIpc) is 2.80. The Morgan fingerprint density at radius 1 is 1.32 bits per heavy atom. The number of nitrogens with zero attached hydrogens (tertiary/aromatic N) is 2. The van der Waals surface area contributed by atoms with Gasteiger partial charge in [0.15, 0.2) is 0 Å². The van der Waals surface area contributed by atoms with Gasteiger partial charge >= 0.3 is 5.97 Å². The number of aliphatic carboxylic acids is 1. The molecule has 1 aliphatic carbocycles. The quantitative estimate of drug-likeness (QED) is 0.901. The second kappa shape index (κ2) is 4.37. The normalized spacial score (nSPS) is 18.6. The summed E-state index contributed by atoms with van der Waals surface area (Å²) in [5, 5.41) is 9.69. The number of hydrogen-bond acceptors (Lipinski definition) is 2. The van der Waals surface area contributed by atoms with Crippen LogP contribution in [0.2, 0.25) is 0 Å². The summed E-state index contributed by atoms with van der Waals surface area (Å²) >= 11 is 0. The molecule has 1 aromatic heterocycles. The molecule has 19 heavy (non-hydrogen) atoms. The molecule has 0 bridgehead atoms. The lowest BCUT2D eigenvalue weighted by molar-refractivity contribution is -0.145. The van der Waals surface area contributed by atoms with Gasteiger partial charge in [-0.05, 0) is 30.5 Å². The molecular weight excluding hydrogens is 240 g/mol. The van der Waals surface area contributed by atoms with Crippen molar-refractivity contribution < 1.29 is 9.90 Å². The predicted molar refractivity (Wildman–Crippen MR) is 73.1 cm³/mol. The number of imidazole rings is 1. The summed E-state index contributed by atoms with van der Waals surface area (Å²) in [7, 11) is 1.95. The Balaban J connectivity index is 2.12. The second-order valence-electron chi connectivity index (χ2n) is 5.51. The van der Waals surface area contributed by atoms with Crippen molar-refractivity contribution in [2.24, 2.45) is 7.05 Å². The third kappa shape index (κ3) is 1.82. The number of carbonyl (C=O) groups is 1. The Kier molecular flexibility index (Phi) is 2.81. The van der Waals surface area contributed by atoms with Crippen LogP contribution in [-0.4, -0.2) is 20.6 Å². The number of rotatable bonds is 2. The average molecular weight is 258 g/mol. The fourth-order valence-corrected chi connectivity index (χ4v) is 3.22. The Bertz CT molecular complexity index is 624. The van der Waals surface area contributed by atoms with Gasteiger partial charge in [0.05, 0.1) is 22.8 Å². The van der Waals surface area contributed by atoms with Crippen molar-refractivity contribution in [1.82, 2.24) is 9.55 Å². The highest BCUT2D eigenvalue weighted by molar-refractivity contribution is 5.84. The smallest absolute Gasteiger partial charge is 0.314 e. The van der Waals surface area contributed by atoms with Gasteiger partial charge < -0.3 is 9.67 Å². The highest BCUT2D eigenvalue weighted by Crippen LogP contribution is 2.40. The molecule has 2 aromatic rings. The van der Waals surface area contributed by atoms with Crippen LogP contribution in [0.15, 0.2) is 24.5 Å². The molecule has 100 valence electrons. The minimum absolute atomic E-state index is 0.692. The van der Waals surface area contributed by atoms with Crippen LogP contribution >= 0.6 is 0 Å². The van der Waals surface area contributed by atoms with Crippen molar-refractivity contribution in [3.05, 3.63) is 30.1 Å². The van der Waals surface area contributed by atoms with Gasteiger partial charge in [0.2, 0.25) is 0 Å². The maximum absolute atomic E-state index is 11.8. The van der Waals surface area contributed by atoms with E-state index in [1.54, 1.807) is 6.33 Å². The Hall–Kier alpha value is -1.84. The summed E-state index contributed by atoms with van der Waals surface area (Å²) in [6.45, 7) is 0. The third-order valence-electron chi connectivity index (χ3n) is 4.39. The maximum atomic E-state index is 11.8.